The van der Waals surface area contributed by atoms with Crippen molar-refractivity contribution in [1.29, 1.82) is 0 Å². The highest BCUT2D eigenvalue weighted by molar-refractivity contribution is 5.61. The molecular weight excluding hydrogens is 406 g/mol. The summed E-state index contributed by atoms with van der Waals surface area (Å²) in [5.41, 5.74) is 1.73. The maximum Gasteiger partial charge on any atom is 0.165 e. The zero-order valence-electron chi connectivity index (χ0n) is 18.6. The second-order valence-electron chi connectivity index (χ2n) is 10.2. The van der Waals surface area contributed by atoms with Crippen LogP contribution in [0.4, 0.5) is 0 Å². The van der Waals surface area contributed by atoms with Gasteiger partial charge in [-0.05, 0) is 56.0 Å². The number of benzene rings is 2. The Morgan fingerprint density at radius 1 is 1.22 bits per heavy atom. The Morgan fingerprint density at radius 2 is 2.00 bits per heavy atom. The molecule has 7 atom stereocenters. The number of hydrogen-bond donors (Lipinski definition) is 3. The molecule has 0 aromatic heterocycles. The number of aliphatic hydroxyl groups is 3. The van der Waals surface area contributed by atoms with Crippen molar-refractivity contribution in [3.8, 4) is 11.5 Å². The van der Waals surface area contributed by atoms with Crippen LogP contribution in [0.25, 0.3) is 0 Å². The fourth-order valence-corrected chi connectivity index (χ4v) is 7.47. The van der Waals surface area contributed by atoms with Crippen LogP contribution in [0.2, 0.25) is 0 Å². The van der Waals surface area contributed by atoms with E-state index in [0.717, 1.165) is 25.1 Å². The lowest BCUT2D eigenvalue weighted by Gasteiger charge is -2.63. The molecule has 1 spiro atoms. The highest BCUT2D eigenvalue weighted by atomic mass is 16.5. The van der Waals surface area contributed by atoms with Gasteiger partial charge >= 0.3 is 0 Å². The summed E-state index contributed by atoms with van der Waals surface area (Å²) in [5.74, 6) is 1.58. The minimum Gasteiger partial charge on any atom is -0.493 e. The smallest absolute Gasteiger partial charge is 0.165 e. The van der Waals surface area contributed by atoms with Crippen LogP contribution in [-0.2, 0) is 11.8 Å². The molecule has 4 aliphatic rings. The van der Waals surface area contributed by atoms with Crippen molar-refractivity contribution >= 4 is 0 Å². The Bertz CT molecular complexity index is 1040. The molecule has 2 heterocycles. The molecule has 1 saturated carbocycles. The van der Waals surface area contributed by atoms with Crippen molar-refractivity contribution in [3.63, 3.8) is 0 Å². The van der Waals surface area contributed by atoms with Crippen LogP contribution in [0.5, 0.6) is 11.5 Å². The number of ether oxygens (including phenoxy) is 2. The molecule has 2 aromatic rings. The Hall–Kier alpha value is -2.12. The first-order valence-electron chi connectivity index (χ1n) is 11.6. The van der Waals surface area contributed by atoms with Crippen LogP contribution >= 0.6 is 0 Å². The first-order valence-corrected chi connectivity index (χ1v) is 11.6. The van der Waals surface area contributed by atoms with E-state index in [2.05, 4.69) is 18.0 Å². The zero-order valence-corrected chi connectivity index (χ0v) is 18.6. The fraction of sp³-hybridized carbons (Fsp3) is 0.538. The number of methoxy groups -OCH3 is 1. The summed E-state index contributed by atoms with van der Waals surface area (Å²) in [5, 5.41) is 34.1. The first kappa shape index (κ1) is 20.5. The molecule has 0 amide bonds. The average molecular weight is 438 g/mol. The standard InChI is InChI=1S/C26H31NO5/c1-27-11-10-26-17-13-25(14-28,22(29)15-6-4-3-5-7-15)23(30)24(26)32-21-19(31-2)9-8-16(20(21)26)12-18(17)27/h3-9,17-18,22-24,28-30H,10-14H2,1-2H3/t17-,18+,22?,23-,24-,25+,26-/m0/s1. The van der Waals surface area contributed by atoms with Gasteiger partial charge in [0.25, 0.3) is 0 Å². The van der Waals surface area contributed by atoms with E-state index >= 15 is 0 Å². The first-order chi connectivity index (χ1) is 15.5. The molecule has 2 aliphatic heterocycles. The molecule has 6 heteroatoms. The maximum atomic E-state index is 11.9. The SMILES string of the molecule is COc1ccc2c3c1O[C@H]1[C@H](O)[C@](CO)(C(O)c4ccccc4)C[C@H]4[C@@H](C2)N(C)CC[C@@]341. The van der Waals surface area contributed by atoms with E-state index in [1.807, 2.05) is 36.4 Å². The predicted octanol–water partition coefficient (Wildman–Crippen LogP) is 2.05. The van der Waals surface area contributed by atoms with Gasteiger partial charge in [-0.3, -0.25) is 0 Å². The monoisotopic (exact) mass is 437 g/mol. The zero-order chi connectivity index (χ0) is 22.3. The fourth-order valence-electron chi connectivity index (χ4n) is 7.47. The summed E-state index contributed by atoms with van der Waals surface area (Å²) in [6, 6.07) is 13.7. The van der Waals surface area contributed by atoms with Crippen LogP contribution < -0.4 is 9.47 Å². The van der Waals surface area contributed by atoms with Gasteiger partial charge in [-0.2, -0.15) is 0 Å². The van der Waals surface area contributed by atoms with Gasteiger partial charge in [0, 0.05) is 17.0 Å². The van der Waals surface area contributed by atoms with Gasteiger partial charge in [0.2, 0.25) is 0 Å². The van der Waals surface area contributed by atoms with Crippen molar-refractivity contribution in [2.24, 2.45) is 11.3 Å². The lowest BCUT2D eigenvalue weighted by Crippen LogP contribution is -2.71. The van der Waals surface area contributed by atoms with Gasteiger partial charge in [0.15, 0.2) is 11.5 Å². The van der Waals surface area contributed by atoms with Gasteiger partial charge in [-0.25, -0.2) is 0 Å². The molecule has 32 heavy (non-hydrogen) atoms. The lowest BCUT2D eigenvalue weighted by atomic mass is 9.46. The molecule has 1 unspecified atom stereocenters. The van der Waals surface area contributed by atoms with E-state index < -0.39 is 23.7 Å². The number of hydrogen-bond acceptors (Lipinski definition) is 6. The van der Waals surface area contributed by atoms with Crippen LogP contribution in [0.3, 0.4) is 0 Å². The maximum absolute atomic E-state index is 11.9. The Kier molecular flexibility index (Phi) is 4.44. The third-order valence-corrected chi connectivity index (χ3v) is 9.08. The summed E-state index contributed by atoms with van der Waals surface area (Å²) >= 11 is 0. The van der Waals surface area contributed by atoms with Gasteiger partial charge in [0.1, 0.15) is 12.2 Å². The largest absolute Gasteiger partial charge is 0.493 e. The topological polar surface area (TPSA) is 82.4 Å². The predicted molar refractivity (Wildman–Crippen MR) is 119 cm³/mol. The van der Waals surface area contributed by atoms with Crippen LogP contribution in [0.1, 0.15) is 35.6 Å². The van der Waals surface area contributed by atoms with Gasteiger partial charge in [-0.15, -0.1) is 0 Å². The summed E-state index contributed by atoms with van der Waals surface area (Å²) in [4.78, 5) is 2.41. The quantitative estimate of drug-likeness (QED) is 0.679. The Morgan fingerprint density at radius 3 is 2.72 bits per heavy atom. The number of likely N-dealkylation sites (N-methyl/N-ethyl adjacent to an activating group) is 1. The lowest BCUT2D eigenvalue weighted by molar-refractivity contribution is -0.210. The molecule has 3 N–H and O–H groups in total. The molecule has 1 saturated heterocycles. The van der Waals surface area contributed by atoms with E-state index in [-0.39, 0.29) is 24.0 Å². The molecule has 2 aromatic carbocycles. The van der Waals surface area contributed by atoms with Gasteiger partial charge in [-0.1, -0.05) is 36.4 Å². The van der Waals surface area contributed by atoms with E-state index in [1.54, 1.807) is 7.11 Å². The Labute approximate surface area is 188 Å². The number of piperidine rings is 1. The van der Waals surface area contributed by atoms with E-state index in [9.17, 15) is 15.3 Å². The Balaban J connectivity index is 1.54. The normalized spacial score (nSPS) is 38.0. The molecule has 0 radical (unpaired) electrons. The average Bonchev–Trinajstić information content (AvgIpc) is 3.18. The summed E-state index contributed by atoms with van der Waals surface area (Å²) in [7, 11) is 3.81. The van der Waals surface area contributed by atoms with Crippen molar-refractivity contribution in [2.75, 3.05) is 27.3 Å². The molecule has 170 valence electrons. The van der Waals surface area contributed by atoms with Crippen molar-refractivity contribution < 1.29 is 24.8 Å². The molecule has 2 aliphatic carbocycles. The molecule has 2 fully saturated rings. The van der Waals surface area contributed by atoms with E-state index in [4.69, 9.17) is 9.47 Å². The number of nitrogens with zero attached hydrogens (tertiary/aromatic N) is 1. The summed E-state index contributed by atoms with van der Waals surface area (Å²) in [6.45, 7) is 0.616. The highest BCUT2D eigenvalue weighted by Crippen LogP contribution is 2.67. The summed E-state index contributed by atoms with van der Waals surface area (Å²) < 4.78 is 12.2. The van der Waals surface area contributed by atoms with Crippen LogP contribution in [0, 0.1) is 11.3 Å². The summed E-state index contributed by atoms with van der Waals surface area (Å²) in [6.07, 6.45) is -0.250. The second-order valence-corrected chi connectivity index (χ2v) is 10.2. The number of rotatable bonds is 4. The van der Waals surface area contributed by atoms with Crippen LogP contribution in [-0.4, -0.2) is 65.8 Å². The van der Waals surface area contributed by atoms with Gasteiger partial charge < -0.3 is 29.7 Å². The minimum absolute atomic E-state index is 0.154. The highest BCUT2D eigenvalue weighted by Gasteiger charge is 2.71. The van der Waals surface area contributed by atoms with Crippen LogP contribution in [0.15, 0.2) is 42.5 Å². The van der Waals surface area contributed by atoms with Gasteiger partial charge in [0.05, 0.1) is 25.2 Å². The minimum atomic E-state index is -1.11. The molecule has 6 nitrogen and oxygen atoms in total. The van der Waals surface area contributed by atoms with E-state index in [1.165, 1.54) is 11.1 Å². The molecule has 6 rings (SSSR count). The van der Waals surface area contributed by atoms with E-state index in [0.29, 0.717) is 17.7 Å². The number of aliphatic hydroxyl groups excluding tert-OH is 3. The van der Waals surface area contributed by atoms with Crippen molar-refractivity contribution in [2.45, 2.75) is 49.0 Å². The molecule has 2 bridgehead atoms. The number of likely N-dealkylation sites (tertiary alicyclic amines) is 1. The van der Waals surface area contributed by atoms with Crippen molar-refractivity contribution in [3.05, 3.63) is 59.2 Å². The second kappa shape index (κ2) is 6.94. The third-order valence-electron chi connectivity index (χ3n) is 9.08. The van der Waals surface area contributed by atoms with Crippen molar-refractivity contribution in [1.82, 2.24) is 4.90 Å². The molecular formula is C26H31NO5. The third kappa shape index (κ3) is 2.34.